The van der Waals surface area contributed by atoms with Crippen molar-refractivity contribution in [2.75, 3.05) is 6.61 Å². The minimum atomic E-state index is -1.43. The van der Waals surface area contributed by atoms with Crippen molar-refractivity contribution >= 4 is 11.9 Å². The van der Waals surface area contributed by atoms with Crippen LogP contribution < -0.4 is 5.32 Å². The number of hydrogen-bond donors (Lipinski definition) is 2. The summed E-state index contributed by atoms with van der Waals surface area (Å²) in [5.74, 6) is -1.00. The predicted molar refractivity (Wildman–Crippen MR) is 82.3 cm³/mol. The lowest BCUT2D eigenvalue weighted by Gasteiger charge is -2.38. The zero-order valence-electron chi connectivity index (χ0n) is 12.8. The van der Waals surface area contributed by atoms with E-state index in [0.29, 0.717) is 12.0 Å². The van der Waals surface area contributed by atoms with Crippen molar-refractivity contribution in [2.24, 2.45) is 0 Å². The van der Waals surface area contributed by atoms with Crippen LogP contribution in [0.1, 0.15) is 37.0 Å². The van der Waals surface area contributed by atoms with Gasteiger partial charge in [-0.05, 0) is 32.4 Å². The number of carbonyl (C=O) groups is 2. The summed E-state index contributed by atoms with van der Waals surface area (Å²) in [5, 5.41) is 13.1. The molecule has 0 radical (unpaired) electrons. The summed E-state index contributed by atoms with van der Waals surface area (Å²) >= 11 is 0. The molecule has 0 aromatic heterocycles. The molecule has 1 aliphatic carbocycles. The van der Waals surface area contributed by atoms with Gasteiger partial charge in [-0.1, -0.05) is 29.8 Å². The Morgan fingerprint density at radius 1 is 1.36 bits per heavy atom. The number of nitrogens with one attached hydrogen (secondary N) is 1. The van der Waals surface area contributed by atoms with E-state index in [1.807, 2.05) is 13.0 Å². The molecular weight excluding hydrogens is 282 g/mol. The normalized spacial score (nSPS) is 24.3. The third-order valence-electron chi connectivity index (χ3n) is 3.87. The smallest absolute Gasteiger partial charge is 0.334 e. The van der Waals surface area contributed by atoms with E-state index in [9.17, 15) is 14.7 Å². The Labute approximate surface area is 130 Å². The third kappa shape index (κ3) is 3.20. The average Bonchev–Trinajstić information content (AvgIpc) is 2.51. The molecule has 0 heterocycles. The van der Waals surface area contributed by atoms with Crippen molar-refractivity contribution in [3.8, 4) is 0 Å². The minimum absolute atomic E-state index is 0.192. The van der Waals surface area contributed by atoms with E-state index >= 15 is 0 Å². The number of amides is 1. The molecule has 1 aromatic rings. The van der Waals surface area contributed by atoms with Gasteiger partial charge in [-0.2, -0.15) is 0 Å². The summed E-state index contributed by atoms with van der Waals surface area (Å²) in [5.41, 5.74) is -0.00588. The number of benzene rings is 1. The zero-order valence-corrected chi connectivity index (χ0v) is 12.8. The van der Waals surface area contributed by atoms with Gasteiger partial charge in [0.15, 0.2) is 5.54 Å². The van der Waals surface area contributed by atoms with Crippen molar-refractivity contribution in [1.82, 2.24) is 5.32 Å². The molecule has 0 bridgehead atoms. The Kier molecular flexibility index (Phi) is 4.98. The second-order valence-electron chi connectivity index (χ2n) is 5.49. The van der Waals surface area contributed by atoms with Gasteiger partial charge in [-0.3, -0.25) is 4.79 Å². The molecule has 0 fully saturated rings. The van der Waals surface area contributed by atoms with Crippen LogP contribution >= 0.6 is 0 Å². The number of rotatable bonds is 4. The molecule has 2 N–H and O–H groups in total. The monoisotopic (exact) mass is 303 g/mol. The van der Waals surface area contributed by atoms with Crippen molar-refractivity contribution < 1.29 is 19.4 Å². The Bertz CT molecular complexity index is 582. The average molecular weight is 303 g/mol. The highest BCUT2D eigenvalue weighted by Gasteiger charge is 2.48. The highest BCUT2D eigenvalue weighted by Crippen LogP contribution is 2.29. The fourth-order valence-electron chi connectivity index (χ4n) is 2.56. The second kappa shape index (κ2) is 6.75. The van der Waals surface area contributed by atoms with Gasteiger partial charge in [0.25, 0.3) is 5.91 Å². The number of carbonyl (C=O) groups excluding carboxylic acids is 2. The summed E-state index contributed by atoms with van der Waals surface area (Å²) in [6, 6.07) is 8.61. The molecule has 0 saturated heterocycles. The van der Waals surface area contributed by atoms with Gasteiger partial charge in [0.05, 0.1) is 12.7 Å². The molecule has 0 saturated carbocycles. The molecule has 0 unspecified atom stereocenters. The Hall–Kier alpha value is -2.14. The van der Waals surface area contributed by atoms with Crippen LogP contribution in [0.2, 0.25) is 0 Å². The van der Waals surface area contributed by atoms with Gasteiger partial charge in [0, 0.05) is 12.0 Å². The largest absolute Gasteiger partial charge is 0.464 e. The summed E-state index contributed by atoms with van der Waals surface area (Å²) in [6.07, 6.45) is 1.39. The lowest BCUT2D eigenvalue weighted by atomic mass is 9.79. The maximum atomic E-state index is 12.4. The van der Waals surface area contributed by atoms with Crippen molar-refractivity contribution in [1.29, 1.82) is 0 Å². The van der Waals surface area contributed by atoms with Crippen LogP contribution in [0.4, 0.5) is 0 Å². The quantitative estimate of drug-likeness (QED) is 0.657. The fraction of sp³-hybridized carbons (Fsp3) is 0.412. The standard InChI is InChI=1S/C17H21NO4/c1-3-22-16(21)17(10-9-12(2)11-14(17)19)18-15(20)13-7-5-4-6-8-13/h4-9,14,19H,3,10-11H2,1-2H3,(H,18,20)/t14-,17+/m0/s1. The maximum Gasteiger partial charge on any atom is 0.334 e. The number of hydrogen-bond acceptors (Lipinski definition) is 4. The number of aliphatic hydroxyl groups excluding tert-OH is 1. The molecule has 1 aliphatic rings. The van der Waals surface area contributed by atoms with Crippen molar-refractivity contribution in [3.05, 3.63) is 47.5 Å². The van der Waals surface area contributed by atoms with Crippen LogP contribution in [-0.4, -0.2) is 35.2 Å². The first-order valence-electron chi connectivity index (χ1n) is 7.38. The first-order chi connectivity index (χ1) is 10.5. The lowest BCUT2D eigenvalue weighted by molar-refractivity contribution is -0.156. The molecule has 2 rings (SSSR count). The molecular formula is C17H21NO4. The summed E-state index contributed by atoms with van der Waals surface area (Å²) in [4.78, 5) is 24.8. The van der Waals surface area contributed by atoms with E-state index in [4.69, 9.17) is 4.74 Å². The Morgan fingerprint density at radius 3 is 2.64 bits per heavy atom. The Morgan fingerprint density at radius 2 is 2.05 bits per heavy atom. The van der Waals surface area contributed by atoms with E-state index in [0.717, 1.165) is 5.57 Å². The van der Waals surface area contributed by atoms with Crippen LogP contribution in [-0.2, 0) is 9.53 Å². The SMILES string of the molecule is CCOC(=O)[C@@]1(NC(=O)c2ccccc2)CC=C(C)C[C@@H]1O. The number of esters is 1. The number of ether oxygens (including phenoxy) is 1. The van der Waals surface area contributed by atoms with Crippen molar-refractivity contribution in [3.63, 3.8) is 0 Å². The first kappa shape index (κ1) is 16.2. The van der Waals surface area contributed by atoms with E-state index < -0.39 is 23.5 Å². The molecule has 1 amide bonds. The summed E-state index contributed by atoms with van der Waals surface area (Å²) in [6.45, 7) is 3.77. The molecule has 0 aliphatic heterocycles. The molecule has 1 aromatic carbocycles. The van der Waals surface area contributed by atoms with Crippen LogP contribution in [0.25, 0.3) is 0 Å². The van der Waals surface area contributed by atoms with Gasteiger partial charge in [-0.15, -0.1) is 0 Å². The predicted octanol–water partition coefficient (Wildman–Crippen LogP) is 1.82. The highest BCUT2D eigenvalue weighted by atomic mass is 16.5. The lowest BCUT2D eigenvalue weighted by Crippen LogP contribution is -2.63. The topological polar surface area (TPSA) is 75.6 Å². The summed E-state index contributed by atoms with van der Waals surface area (Å²) < 4.78 is 5.08. The van der Waals surface area contributed by atoms with Gasteiger partial charge in [-0.25, -0.2) is 4.79 Å². The number of aliphatic hydroxyl groups is 1. The highest BCUT2D eigenvalue weighted by molar-refractivity contribution is 5.98. The molecule has 5 nitrogen and oxygen atoms in total. The van der Waals surface area contributed by atoms with Crippen LogP contribution in [0.5, 0.6) is 0 Å². The summed E-state index contributed by atoms with van der Waals surface area (Å²) in [7, 11) is 0. The second-order valence-corrected chi connectivity index (χ2v) is 5.49. The van der Waals surface area contributed by atoms with Crippen molar-refractivity contribution in [2.45, 2.75) is 38.3 Å². The zero-order chi connectivity index (χ0) is 16.2. The molecule has 2 atom stereocenters. The third-order valence-corrected chi connectivity index (χ3v) is 3.87. The van der Waals surface area contributed by atoms with E-state index in [1.54, 1.807) is 37.3 Å². The van der Waals surface area contributed by atoms with Gasteiger partial charge in [0.1, 0.15) is 0 Å². The Balaban J connectivity index is 2.30. The van der Waals surface area contributed by atoms with E-state index in [1.165, 1.54) is 0 Å². The molecule has 0 spiro atoms. The molecule has 5 heteroatoms. The first-order valence-corrected chi connectivity index (χ1v) is 7.38. The van der Waals surface area contributed by atoms with Crippen LogP contribution in [0.15, 0.2) is 42.0 Å². The van der Waals surface area contributed by atoms with Gasteiger partial charge in [0.2, 0.25) is 0 Å². The van der Waals surface area contributed by atoms with E-state index in [-0.39, 0.29) is 13.0 Å². The molecule has 118 valence electrons. The maximum absolute atomic E-state index is 12.4. The van der Waals surface area contributed by atoms with E-state index in [2.05, 4.69) is 5.32 Å². The fourth-order valence-corrected chi connectivity index (χ4v) is 2.56. The molecule has 22 heavy (non-hydrogen) atoms. The van der Waals surface area contributed by atoms with Gasteiger partial charge < -0.3 is 15.2 Å². The van der Waals surface area contributed by atoms with Crippen LogP contribution in [0, 0.1) is 0 Å². The van der Waals surface area contributed by atoms with Crippen LogP contribution in [0.3, 0.4) is 0 Å². The van der Waals surface area contributed by atoms with Gasteiger partial charge >= 0.3 is 5.97 Å². The minimum Gasteiger partial charge on any atom is -0.464 e.